The number of amides is 1. The summed E-state index contributed by atoms with van der Waals surface area (Å²) in [5.74, 6) is -3.72. The lowest BCUT2D eigenvalue weighted by Crippen LogP contribution is -2.67. The smallest absolute Gasteiger partial charge is 0.338 e. The largest absolute Gasteiger partial charge is 0.464 e. The van der Waals surface area contributed by atoms with E-state index >= 15 is 0 Å². The van der Waals surface area contributed by atoms with E-state index in [-0.39, 0.29) is 17.9 Å². The summed E-state index contributed by atoms with van der Waals surface area (Å²) in [6.45, 7) is 8.03. The Morgan fingerprint density at radius 3 is 2.31 bits per heavy atom. The van der Waals surface area contributed by atoms with E-state index in [0.717, 1.165) is 6.42 Å². The molecule has 0 bridgehead atoms. The number of nitrogens with zero attached hydrogens (tertiary/aromatic N) is 1. The van der Waals surface area contributed by atoms with Crippen LogP contribution in [0.3, 0.4) is 0 Å². The van der Waals surface area contributed by atoms with Crippen molar-refractivity contribution in [2.24, 2.45) is 5.92 Å². The van der Waals surface area contributed by atoms with Crippen molar-refractivity contribution >= 4 is 37.4 Å². The number of carbonyl (C=O) groups is 3. The van der Waals surface area contributed by atoms with E-state index in [2.05, 4.69) is 19.6 Å². The number of benzene rings is 2. The van der Waals surface area contributed by atoms with Gasteiger partial charge >= 0.3 is 11.9 Å². The van der Waals surface area contributed by atoms with Crippen LogP contribution in [0.2, 0.25) is 19.6 Å². The van der Waals surface area contributed by atoms with Crippen molar-refractivity contribution in [3.63, 3.8) is 0 Å². The zero-order valence-corrected chi connectivity index (χ0v) is 22.1. The minimum absolute atomic E-state index is 0.0442. The molecular formula is C28H31NO6Si. The number of ketones is 1. The Bertz CT molecular complexity index is 1240. The predicted molar refractivity (Wildman–Crippen MR) is 137 cm³/mol. The maximum Gasteiger partial charge on any atom is 0.338 e. The maximum absolute atomic E-state index is 14.2. The normalized spacial score (nSPS) is 27.6. The van der Waals surface area contributed by atoms with Crippen molar-refractivity contribution in [1.29, 1.82) is 0 Å². The SMILES string of the molecule is CCOC(=O)[C@]12C(=C(c3ccccc3)O[C@@]3(O[Si](C)(C)C)CCC[C@H]31)C(=O)C(=O)N2c1ccccc1. The van der Waals surface area contributed by atoms with Gasteiger partial charge in [0.15, 0.2) is 13.9 Å². The first-order chi connectivity index (χ1) is 17.2. The van der Waals surface area contributed by atoms with Crippen LogP contribution in [0.1, 0.15) is 31.7 Å². The minimum atomic E-state index is -2.22. The molecule has 36 heavy (non-hydrogen) atoms. The van der Waals surface area contributed by atoms with Crippen molar-refractivity contribution < 1.29 is 28.3 Å². The van der Waals surface area contributed by atoms with Crippen molar-refractivity contribution in [1.82, 2.24) is 0 Å². The topological polar surface area (TPSA) is 82.1 Å². The van der Waals surface area contributed by atoms with E-state index in [1.807, 2.05) is 36.4 Å². The Hall–Kier alpha value is -3.23. The molecule has 2 fully saturated rings. The lowest BCUT2D eigenvalue weighted by molar-refractivity contribution is -0.196. The van der Waals surface area contributed by atoms with Gasteiger partial charge in [-0.15, -0.1) is 0 Å². The van der Waals surface area contributed by atoms with Gasteiger partial charge in [-0.3, -0.25) is 14.5 Å². The van der Waals surface area contributed by atoms with Crippen LogP contribution in [0.5, 0.6) is 0 Å². The maximum atomic E-state index is 14.2. The van der Waals surface area contributed by atoms with Crippen molar-refractivity contribution in [2.75, 3.05) is 11.5 Å². The van der Waals surface area contributed by atoms with Gasteiger partial charge in [-0.1, -0.05) is 48.5 Å². The van der Waals surface area contributed by atoms with Crippen LogP contribution >= 0.6 is 0 Å². The van der Waals surface area contributed by atoms with Gasteiger partial charge in [0.1, 0.15) is 5.76 Å². The molecule has 188 valence electrons. The molecule has 1 amide bonds. The fraction of sp³-hybridized carbons (Fsp3) is 0.393. The van der Waals surface area contributed by atoms with Crippen LogP contribution in [-0.2, 0) is 28.3 Å². The number of fused-ring (bicyclic) bond motifs is 3. The first-order valence-corrected chi connectivity index (χ1v) is 15.9. The summed E-state index contributed by atoms with van der Waals surface area (Å²) < 4.78 is 19.2. The molecule has 2 heterocycles. The summed E-state index contributed by atoms with van der Waals surface area (Å²) >= 11 is 0. The zero-order valence-electron chi connectivity index (χ0n) is 21.1. The summed E-state index contributed by atoms with van der Waals surface area (Å²) in [5.41, 5.74) is -0.587. The number of carbonyl (C=O) groups excluding carboxylic acids is 3. The van der Waals surface area contributed by atoms with E-state index in [1.54, 1.807) is 31.2 Å². The molecule has 8 heteroatoms. The molecule has 1 saturated heterocycles. The fourth-order valence-corrected chi connectivity index (χ4v) is 7.33. The van der Waals surface area contributed by atoms with E-state index < -0.39 is 43.2 Å². The van der Waals surface area contributed by atoms with Crippen LogP contribution in [0, 0.1) is 5.92 Å². The summed E-state index contributed by atoms with van der Waals surface area (Å²) in [7, 11) is -2.22. The second-order valence-corrected chi connectivity index (χ2v) is 14.9. The van der Waals surface area contributed by atoms with Crippen LogP contribution in [0.4, 0.5) is 5.69 Å². The summed E-state index contributed by atoms with van der Waals surface area (Å²) in [5, 5.41) is 0. The van der Waals surface area contributed by atoms with Crippen molar-refractivity contribution in [3.8, 4) is 0 Å². The fourth-order valence-electron chi connectivity index (χ4n) is 6.01. The van der Waals surface area contributed by atoms with Crippen molar-refractivity contribution in [3.05, 3.63) is 71.8 Å². The molecule has 7 nitrogen and oxygen atoms in total. The highest BCUT2D eigenvalue weighted by Crippen LogP contribution is 2.60. The number of para-hydroxylation sites is 1. The average Bonchev–Trinajstić information content (AvgIpc) is 3.36. The Balaban J connectivity index is 1.89. The molecular weight excluding hydrogens is 474 g/mol. The van der Waals surface area contributed by atoms with Gasteiger partial charge in [-0.05, 0) is 51.5 Å². The van der Waals surface area contributed by atoms with Gasteiger partial charge in [0.2, 0.25) is 5.79 Å². The van der Waals surface area contributed by atoms with Gasteiger partial charge < -0.3 is 13.9 Å². The third-order valence-electron chi connectivity index (χ3n) is 7.03. The highest BCUT2D eigenvalue weighted by atomic mass is 28.4. The van der Waals surface area contributed by atoms with Crippen LogP contribution in [-0.4, -0.2) is 43.9 Å². The van der Waals surface area contributed by atoms with Gasteiger partial charge in [0.25, 0.3) is 5.78 Å². The van der Waals surface area contributed by atoms with Gasteiger partial charge in [-0.25, -0.2) is 4.79 Å². The predicted octanol–water partition coefficient (Wildman–Crippen LogP) is 4.69. The number of ether oxygens (including phenoxy) is 2. The van der Waals surface area contributed by atoms with Crippen LogP contribution < -0.4 is 4.90 Å². The molecule has 5 rings (SSSR count). The molecule has 2 aromatic rings. The lowest BCUT2D eigenvalue weighted by atomic mass is 9.71. The van der Waals surface area contributed by atoms with Crippen molar-refractivity contribution in [2.45, 2.75) is 57.2 Å². The number of hydrogen-bond donors (Lipinski definition) is 0. The number of Topliss-reactive ketones (excluding diaryl/α,β-unsaturated/α-hetero) is 1. The molecule has 0 unspecified atom stereocenters. The molecule has 3 atom stereocenters. The minimum Gasteiger partial charge on any atom is -0.464 e. The lowest BCUT2D eigenvalue weighted by Gasteiger charge is -2.52. The average molecular weight is 506 g/mol. The van der Waals surface area contributed by atoms with E-state index in [1.165, 1.54) is 4.90 Å². The standard InChI is InChI=1S/C28H31NO6Si/c1-5-33-26(32)28-21-17-12-18-27(21,35-36(2,3)4)34-24(19-13-8-6-9-14-19)22(28)23(30)25(31)29(28)20-15-10-7-11-16-20/h6-11,13-16,21H,5,12,17-18H2,1-4H3/t21-,27-,28-/m1/s1. The van der Waals surface area contributed by atoms with Crippen LogP contribution in [0.25, 0.3) is 5.76 Å². The van der Waals surface area contributed by atoms with E-state index in [4.69, 9.17) is 13.9 Å². The molecule has 2 aliphatic heterocycles. The van der Waals surface area contributed by atoms with E-state index in [9.17, 15) is 14.4 Å². The van der Waals surface area contributed by atoms with E-state index in [0.29, 0.717) is 24.1 Å². The third kappa shape index (κ3) is 3.54. The number of anilines is 1. The second kappa shape index (κ2) is 8.71. The molecule has 0 spiro atoms. The highest BCUT2D eigenvalue weighted by Gasteiger charge is 2.75. The molecule has 0 radical (unpaired) electrons. The van der Waals surface area contributed by atoms with Gasteiger partial charge in [0, 0.05) is 17.7 Å². The third-order valence-corrected chi connectivity index (χ3v) is 7.99. The Kier molecular flexibility index (Phi) is 5.92. The number of rotatable bonds is 6. The molecule has 1 saturated carbocycles. The zero-order chi connectivity index (χ0) is 25.7. The first-order valence-electron chi connectivity index (χ1n) is 12.5. The first kappa shape index (κ1) is 24.5. The summed E-state index contributed by atoms with van der Waals surface area (Å²) in [4.78, 5) is 43.2. The molecule has 0 aromatic heterocycles. The summed E-state index contributed by atoms with van der Waals surface area (Å²) in [6, 6.07) is 18.0. The quantitative estimate of drug-likeness (QED) is 0.322. The molecule has 3 aliphatic rings. The number of esters is 1. The Morgan fingerprint density at radius 2 is 1.69 bits per heavy atom. The second-order valence-electron chi connectivity index (χ2n) is 10.4. The summed E-state index contributed by atoms with van der Waals surface area (Å²) in [6.07, 6.45) is 1.80. The van der Waals surface area contributed by atoms with Gasteiger partial charge in [-0.2, -0.15) is 0 Å². The Morgan fingerprint density at radius 1 is 1.06 bits per heavy atom. The molecule has 0 N–H and O–H groups in total. The Labute approximate surface area is 212 Å². The number of hydrogen-bond acceptors (Lipinski definition) is 6. The molecule has 1 aliphatic carbocycles. The molecule has 2 aromatic carbocycles. The monoisotopic (exact) mass is 505 g/mol. The van der Waals surface area contributed by atoms with Crippen LogP contribution in [0.15, 0.2) is 66.2 Å². The van der Waals surface area contributed by atoms with Gasteiger partial charge in [0.05, 0.1) is 18.1 Å². The highest BCUT2D eigenvalue weighted by molar-refractivity contribution is 6.69.